The SMILES string of the molecule is Cc1ccc(-c2nc(CC(CN)CC(C)C)[nH]c2C)cc1. The van der Waals surface area contributed by atoms with Gasteiger partial charge in [-0.1, -0.05) is 43.7 Å². The second-order valence-electron chi connectivity index (χ2n) is 6.46. The van der Waals surface area contributed by atoms with E-state index in [0.717, 1.165) is 36.6 Å². The lowest BCUT2D eigenvalue weighted by Crippen LogP contribution is -2.19. The number of nitrogens with two attached hydrogens (primary N) is 1. The van der Waals surface area contributed by atoms with Gasteiger partial charge in [-0.05, 0) is 38.6 Å². The van der Waals surface area contributed by atoms with Gasteiger partial charge < -0.3 is 10.7 Å². The van der Waals surface area contributed by atoms with E-state index in [-0.39, 0.29) is 0 Å². The summed E-state index contributed by atoms with van der Waals surface area (Å²) in [5, 5.41) is 0. The molecule has 3 N–H and O–H groups in total. The van der Waals surface area contributed by atoms with Gasteiger partial charge in [-0.2, -0.15) is 0 Å². The van der Waals surface area contributed by atoms with E-state index in [1.807, 2.05) is 0 Å². The number of nitrogens with one attached hydrogen (secondary N) is 1. The predicted molar refractivity (Wildman–Crippen MR) is 89.2 cm³/mol. The Kier molecular flexibility index (Phi) is 5.18. The van der Waals surface area contributed by atoms with Crippen LogP contribution in [0.15, 0.2) is 24.3 Å². The predicted octanol–water partition coefficient (Wildman–Crippen LogP) is 3.86. The number of nitrogens with zero attached hydrogens (tertiary/aromatic N) is 1. The largest absolute Gasteiger partial charge is 0.346 e. The van der Waals surface area contributed by atoms with Crippen LogP contribution in [0.4, 0.5) is 0 Å². The molecule has 3 nitrogen and oxygen atoms in total. The molecule has 0 bridgehead atoms. The van der Waals surface area contributed by atoms with Crippen LogP contribution in [0.1, 0.15) is 37.4 Å². The highest BCUT2D eigenvalue weighted by atomic mass is 14.9. The lowest BCUT2D eigenvalue weighted by Gasteiger charge is -2.15. The molecule has 3 heteroatoms. The molecule has 0 amide bonds. The molecule has 1 aromatic carbocycles. The van der Waals surface area contributed by atoms with Crippen LogP contribution in [0, 0.1) is 25.7 Å². The van der Waals surface area contributed by atoms with Crippen molar-refractivity contribution in [3.05, 3.63) is 41.3 Å². The van der Waals surface area contributed by atoms with Crippen molar-refractivity contribution in [3.8, 4) is 11.3 Å². The van der Waals surface area contributed by atoms with Gasteiger partial charge >= 0.3 is 0 Å². The van der Waals surface area contributed by atoms with Gasteiger partial charge in [0.1, 0.15) is 5.82 Å². The van der Waals surface area contributed by atoms with Gasteiger partial charge in [0, 0.05) is 17.7 Å². The summed E-state index contributed by atoms with van der Waals surface area (Å²) in [5.74, 6) is 2.23. The fraction of sp³-hybridized carbons (Fsp3) is 0.500. The van der Waals surface area contributed by atoms with E-state index in [1.54, 1.807) is 0 Å². The number of aromatic amines is 1. The van der Waals surface area contributed by atoms with Gasteiger partial charge in [-0.3, -0.25) is 0 Å². The summed E-state index contributed by atoms with van der Waals surface area (Å²) in [6.45, 7) is 9.40. The first-order valence-electron chi connectivity index (χ1n) is 7.82. The summed E-state index contributed by atoms with van der Waals surface area (Å²) >= 11 is 0. The maximum absolute atomic E-state index is 5.90. The normalized spacial score (nSPS) is 12.9. The Balaban J connectivity index is 2.16. The van der Waals surface area contributed by atoms with Crippen LogP contribution in [0.3, 0.4) is 0 Å². The molecule has 0 radical (unpaired) electrons. The minimum absolute atomic E-state index is 0.501. The van der Waals surface area contributed by atoms with Gasteiger partial charge in [0.15, 0.2) is 0 Å². The van der Waals surface area contributed by atoms with E-state index in [4.69, 9.17) is 10.7 Å². The molecule has 1 aromatic heterocycles. The van der Waals surface area contributed by atoms with E-state index in [9.17, 15) is 0 Å². The molecule has 0 saturated heterocycles. The standard InChI is InChI=1S/C18H27N3/c1-12(2)9-15(11-19)10-17-20-14(4)18(21-17)16-7-5-13(3)6-8-16/h5-8,12,15H,9-11,19H2,1-4H3,(H,20,21). The van der Waals surface area contributed by atoms with Crippen molar-refractivity contribution < 1.29 is 0 Å². The maximum Gasteiger partial charge on any atom is 0.107 e. The summed E-state index contributed by atoms with van der Waals surface area (Å²) in [6.07, 6.45) is 2.08. The van der Waals surface area contributed by atoms with Crippen LogP contribution < -0.4 is 5.73 Å². The summed E-state index contributed by atoms with van der Waals surface area (Å²) in [4.78, 5) is 8.22. The monoisotopic (exact) mass is 285 g/mol. The highest BCUT2D eigenvalue weighted by Gasteiger charge is 2.14. The smallest absolute Gasteiger partial charge is 0.107 e. The number of aromatic nitrogens is 2. The zero-order valence-electron chi connectivity index (χ0n) is 13.6. The first kappa shape index (κ1) is 15.8. The molecular weight excluding hydrogens is 258 g/mol. The van der Waals surface area contributed by atoms with Crippen molar-refractivity contribution in [1.29, 1.82) is 0 Å². The highest BCUT2D eigenvalue weighted by Crippen LogP contribution is 2.23. The molecule has 0 aliphatic heterocycles. The molecule has 21 heavy (non-hydrogen) atoms. The van der Waals surface area contributed by atoms with Gasteiger partial charge in [-0.15, -0.1) is 0 Å². The van der Waals surface area contributed by atoms with Crippen LogP contribution in [0.5, 0.6) is 0 Å². The fourth-order valence-electron chi connectivity index (χ4n) is 2.81. The second kappa shape index (κ2) is 6.90. The third-order valence-corrected chi connectivity index (χ3v) is 3.88. The summed E-state index contributed by atoms with van der Waals surface area (Å²) in [5.41, 5.74) is 10.5. The van der Waals surface area contributed by atoms with Gasteiger partial charge in [0.25, 0.3) is 0 Å². The number of rotatable bonds is 6. The molecule has 114 valence electrons. The number of benzene rings is 1. The topological polar surface area (TPSA) is 54.7 Å². The van der Waals surface area contributed by atoms with Crippen LogP contribution in [0.2, 0.25) is 0 Å². The van der Waals surface area contributed by atoms with Gasteiger partial charge in [0.05, 0.1) is 5.69 Å². The quantitative estimate of drug-likeness (QED) is 0.847. The van der Waals surface area contributed by atoms with Crippen molar-refractivity contribution in [2.24, 2.45) is 17.6 Å². The Morgan fingerprint density at radius 2 is 1.81 bits per heavy atom. The Morgan fingerprint density at radius 3 is 2.38 bits per heavy atom. The third kappa shape index (κ3) is 4.18. The Labute approximate surface area is 128 Å². The van der Waals surface area contributed by atoms with E-state index in [0.29, 0.717) is 11.8 Å². The van der Waals surface area contributed by atoms with E-state index >= 15 is 0 Å². The molecular formula is C18H27N3. The molecule has 1 heterocycles. The number of H-pyrrole nitrogens is 1. The van der Waals surface area contributed by atoms with Crippen LogP contribution in [-0.4, -0.2) is 16.5 Å². The average molecular weight is 285 g/mol. The number of hydrogen-bond donors (Lipinski definition) is 2. The Morgan fingerprint density at radius 1 is 1.14 bits per heavy atom. The first-order valence-corrected chi connectivity index (χ1v) is 7.82. The molecule has 2 rings (SSSR count). The van der Waals surface area contributed by atoms with E-state index in [1.165, 1.54) is 11.1 Å². The molecule has 1 unspecified atom stereocenters. The third-order valence-electron chi connectivity index (χ3n) is 3.88. The van der Waals surface area contributed by atoms with E-state index < -0.39 is 0 Å². The zero-order valence-corrected chi connectivity index (χ0v) is 13.6. The van der Waals surface area contributed by atoms with Crippen molar-refractivity contribution in [2.75, 3.05) is 6.54 Å². The molecule has 0 fully saturated rings. The van der Waals surface area contributed by atoms with Crippen LogP contribution in [-0.2, 0) is 6.42 Å². The van der Waals surface area contributed by atoms with Crippen molar-refractivity contribution >= 4 is 0 Å². The average Bonchev–Trinajstić information content (AvgIpc) is 2.79. The van der Waals surface area contributed by atoms with Crippen LogP contribution >= 0.6 is 0 Å². The van der Waals surface area contributed by atoms with Crippen molar-refractivity contribution in [3.63, 3.8) is 0 Å². The summed E-state index contributed by atoms with van der Waals surface area (Å²) in [7, 11) is 0. The minimum Gasteiger partial charge on any atom is -0.346 e. The number of aryl methyl sites for hydroxylation is 2. The molecule has 0 aliphatic rings. The summed E-state index contributed by atoms with van der Waals surface area (Å²) in [6, 6.07) is 8.53. The Hall–Kier alpha value is -1.61. The number of hydrogen-bond acceptors (Lipinski definition) is 2. The fourth-order valence-corrected chi connectivity index (χ4v) is 2.81. The minimum atomic E-state index is 0.501. The van der Waals surface area contributed by atoms with Gasteiger partial charge in [0.2, 0.25) is 0 Å². The summed E-state index contributed by atoms with van der Waals surface area (Å²) < 4.78 is 0. The lowest BCUT2D eigenvalue weighted by atomic mass is 9.94. The molecule has 0 aliphatic carbocycles. The zero-order chi connectivity index (χ0) is 15.4. The number of imidazole rings is 1. The Bertz CT molecular complexity index is 567. The van der Waals surface area contributed by atoms with Crippen molar-refractivity contribution in [1.82, 2.24) is 9.97 Å². The van der Waals surface area contributed by atoms with Gasteiger partial charge in [-0.25, -0.2) is 4.98 Å². The first-order chi connectivity index (χ1) is 9.99. The van der Waals surface area contributed by atoms with Crippen molar-refractivity contribution in [2.45, 2.75) is 40.5 Å². The highest BCUT2D eigenvalue weighted by molar-refractivity contribution is 5.62. The molecule has 2 aromatic rings. The van der Waals surface area contributed by atoms with E-state index in [2.05, 4.69) is 56.9 Å². The molecule has 0 saturated carbocycles. The second-order valence-corrected chi connectivity index (χ2v) is 6.46. The molecule has 0 spiro atoms. The maximum atomic E-state index is 5.90. The van der Waals surface area contributed by atoms with Crippen LogP contribution in [0.25, 0.3) is 11.3 Å². The lowest BCUT2D eigenvalue weighted by molar-refractivity contribution is 0.409. The molecule has 1 atom stereocenters.